The van der Waals surface area contributed by atoms with Gasteiger partial charge in [0, 0.05) is 36.7 Å². The first kappa shape index (κ1) is 17.0. The molecule has 0 aliphatic carbocycles. The zero-order valence-electron chi connectivity index (χ0n) is 12.6. The molecule has 0 aliphatic heterocycles. The lowest BCUT2D eigenvalue weighted by Gasteiger charge is -2.05. The molecule has 0 aliphatic rings. The molecule has 0 unspecified atom stereocenters. The van der Waals surface area contributed by atoms with Crippen LogP contribution < -0.4 is 10.6 Å². The molecule has 0 bridgehead atoms. The van der Waals surface area contributed by atoms with Gasteiger partial charge >= 0.3 is 0 Å². The van der Waals surface area contributed by atoms with Crippen LogP contribution >= 0.6 is 11.8 Å². The average Bonchev–Trinajstić information content (AvgIpc) is 2.56. The van der Waals surface area contributed by atoms with Crippen LogP contribution in [-0.2, 0) is 9.59 Å². The van der Waals surface area contributed by atoms with Crippen molar-refractivity contribution in [1.29, 1.82) is 0 Å². The number of amides is 2. The van der Waals surface area contributed by atoms with E-state index in [1.54, 1.807) is 60.8 Å². The van der Waals surface area contributed by atoms with Crippen molar-refractivity contribution in [3.05, 3.63) is 49.1 Å². The first-order chi connectivity index (χ1) is 11.2. The number of hydrogen-bond donors (Lipinski definition) is 2. The number of thioether (sulfide) groups is 1. The van der Waals surface area contributed by atoms with Crippen LogP contribution in [0.5, 0.6) is 0 Å². The highest BCUT2D eigenvalue weighted by Crippen LogP contribution is 2.09. The number of nitrogens with zero attached hydrogens (tertiary/aromatic N) is 2. The van der Waals surface area contributed by atoms with Crippen LogP contribution in [0.15, 0.2) is 49.1 Å². The van der Waals surface area contributed by atoms with Crippen LogP contribution in [0.2, 0.25) is 0 Å². The van der Waals surface area contributed by atoms with Crippen LogP contribution in [0.25, 0.3) is 0 Å². The Morgan fingerprint density at radius 3 is 1.74 bits per heavy atom. The zero-order chi connectivity index (χ0) is 16.3. The van der Waals surface area contributed by atoms with Gasteiger partial charge in [-0.05, 0) is 24.3 Å². The molecule has 2 N–H and O–H groups in total. The summed E-state index contributed by atoms with van der Waals surface area (Å²) in [5.41, 5.74) is 1.39. The molecule has 23 heavy (non-hydrogen) atoms. The number of carbonyl (C=O) groups is 2. The smallest absolute Gasteiger partial charge is 0.225 e. The maximum Gasteiger partial charge on any atom is 0.225 e. The SMILES string of the molecule is O=C(CCSCCC(=O)Nc1cccnc1)Nc1cccnc1. The minimum absolute atomic E-state index is 0.0506. The van der Waals surface area contributed by atoms with E-state index in [0.717, 1.165) is 0 Å². The van der Waals surface area contributed by atoms with E-state index < -0.39 is 0 Å². The molecule has 2 aromatic rings. The summed E-state index contributed by atoms with van der Waals surface area (Å²) in [6.07, 6.45) is 7.33. The van der Waals surface area contributed by atoms with Gasteiger partial charge in [0.1, 0.15) is 0 Å². The van der Waals surface area contributed by atoms with Gasteiger partial charge in [0.2, 0.25) is 11.8 Å². The Bertz CT molecular complexity index is 567. The second-order valence-electron chi connectivity index (χ2n) is 4.69. The number of nitrogens with one attached hydrogen (secondary N) is 2. The zero-order valence-corrected chi connectivity index (χ0v) is 13.4. The lowest BCUT2D eigenvalue weighted by atomic mass is 10.4. The largest absolute Gasteiger partial charge is 0.325 e. The first-order valence-corrected chi connectivity index (χ1v) is 8.37. The first-order valence-electron chi connectivity index (χ1n) is 7.21. The van der Waals surface area contributed by atoms with Gasteiger partial charge in [0.05, 0.1) is 23.8 Å². The fourth-order valence-electron chi connectivity index (χ4n) is 1.75. The molecule has 2 rings (SSSR count). The molecule has 2 aromatic heterocycles. The van der Waals surface area contributed by atoms with Crippen molar-refractivity contribution >= 4 is 35.0 Å². The van der Waals surface area contributed by atoms with Crippen molar-refractivity contribution in [2.75, 3.05) is 22.1 Å². The summed E-state index contributed by atoms with van der Waals surface area (Å²) in [4.78, 5) is 31.3. The van der Waals surface area contributed by atoms with Crippen molar-refractivity contribution < 1.29 is 9.59 Å². The second-order valence-corrected chi connectivity index (χ2v) is 5.92. The Kier molecular flexibility index (Phi) is 7.06. The highest BCUT2D eigenvalue weighted by atomic mass is 32.2. The van der Waals surface area contributed by atoms with E-state index >= 15 is 0 Å². The van der Waals surface area contributed by atoms with Crippen LogP contribution in [-0.4, -0.2) is 33.3 Å². The molecule has 0 aromatic carbocycles. The van der Waals surface area contributed by atoms with E-state index in [4.69, 9.17) is 0 Å². The van der Waals surface area contributed by atoms with Gasteiger partial charge in [0.15, 0.2) is 0 Å². The molecule has 2 heterocycles. The number of aromatic nitrogens is 2. The van der Waals surface area contributed by atoms with Crippen LogP contribution in [0, 0.1) is 0 Å². The van der Waals surface area contributed by atoms with E-state index in [-0.39, 0.29) is 11.8 Å². The molecule has 0 radical (unpaired) electrons. The summed E-state index contributed by atoms with van der Waals surface area (Å²) in [6, 6.07) is 7.12. The molecule has 0 saturated heterocycles. The van der Waals surface area contributed by atoms with Gasteiger partial charge in [-0.3, -0.25) is 19.6 Å². The van der Waals surface area contributed by atoms with Crippen LogP contribution in [0.3, 0.4) is 0 Å². The van der Waals surface area contributed by atoms with Gasteiger partial charge in [0.25, 0.3) is 0 Å². The third-order valence-electron chi connectivity index (χ3n) is 2.84. The number of pyridine rings is 2. The predicted molar refractivity (Wildman–Crippen MR) is 92.3 cm³/mol. The lowest BCUT2D eigenvalue weighted by Crippen LogP contribution is -2.14. The van der Waals surface area contributed by atoms with Crippen molar-refractivity contribution in [3.8, 4) is 0 Å². The number of carbonyl (C=O) groups excluding carboxylic acids is 2. The lowest BCUT2D eigenvalue weighted by molar-refractivity contribution is -0.116. The fraction of sp³-hybridized carbons (Fsp3) is 0.250. The van der Waals surface area contributed by atoms with Crippen LogP contribution in [0.1, 0.15) is 12.8 Å². The molecule has 0 atom stereocenters. The Labute approximate surface area is 139 Å². The summed E-state index contributed by atoms with van der Waals surface area (Å²) in [6.45, 7) is 0. The monoisotopic (exact) mass is 330 g/mol. The van der Waals surface area contributed by atoms with Gasteiger partial charge in [-0.2, -0.15) is 11.8 Å². The maximum atomic E-state index is 11.7. The highest BCUT2D eigenvalue weighted by Gasteiger charge is 2.05. The number of rotatable bonds is 8. The Hall–Kier alpha value is -2.41. The molecule has 2 amide bonds. The van der Waals surface area contributed by atoms with Crippen molar-refractivity contribution in [1.82, 2.24) is 9.97 Å². The fourth-order valence-corrected chi connectivity index (χ4v) is 2.62. The summed E-state index contributed by atoms with van der Waals surface area (Å²) in [7, 11) is 0. The van der Waals surface area contributed by atoms with Gasteiger partial charge in [-0.1, -0.05) is 0 Å². The van der Waals surface area contributed by atoms with Gasteiger partial charge in [-0.15, -0.1) is 0 Å². The molecule has 0 spiro atoms. The molecule has 7 heteroatoms. The molecular formula is C16H18N4O2S. The normalized spacial score (nSPS) is 10.1. The Morgan fingerprint density at radius 1 is 0.870 bits per heavy atom. The Morgan fingerprint density at radius 2 is 1.35 bits per heavy atom. The van der Waals surface area contributed by atoms with E-state index in [9.17, 15) is 9.59 Å². The predicted octanol–water partition coefficient (Wildman–Crippen LogP) is 2.57. The topological polar surface area (TPSA) is 84.0 Å². The number of hydrogen-bond acceptors (Lipinski definition) is 5. The summed E-state index contributed by atoms with van der Waals surface area (Å²) in [5, 5.41) is 5.55. The van der Waals surface area contributed by atoms with Crippen molar-refractivity contribution in [2.24, 2.45) is 0 Å². The minimum atomic E-state index is -0.0506. The van der Waals surface area contributed by atoms with Gasteiger partial charge in [-0.25, -0.2) is 0 Å². The third-order valence-corrected chi connectivity index (χ3v) is 3.82. The average molecular weight is 330 g/mol. The van der Waals surface area contributed by atoms with E-state index in [0.29, 0.717) is 35.7 Å². The molecular weight excluding hydrogens is 312 g/mol. The maximum absolute atomic E-state index is 11.7. The van der Waals surface area contributed by atoms with E-state index in [1.165, 1.54) is 0 Å². The highest BCUT2D eigenvalue weighted by molar-refractivity contribution is 7.99. The van der Waals surface area contributed by atoms with E-state index in [2.05, 4.69) is 20.6 Å². The summed E-state index contributed by atoms with van der Waals surface area (Å²) < 4.78 is 0. The summed E-state index contributed by atoms with van der Waals surface area (Å²) in [5.74, 6) is 1.24. The van der Waals surface area contributed by atoms with E-state index in [1.807, 2.05) is 0 Å². The Balaban J connectivity index is 1.55. The van der Waals surface area contributed by atoms with Crippen LogP contribution in [0.4, 0.5) is 11.4 Å². The quantitative estimate of drug-likeness (QED) is 0.727. The van der Waals surface area contributed by atoms with Crippen molar-refractivity contribution in [2.45, 2.75) is 12.8 Å². The molecule has 6 nitrogen and oxygen atoms in total. The summed E-state index contributed by atoms with van der Waals surface area (Å²) >= 11 is 1.58. The second kappa shape index (κ2) is 9.58. The molecule has 0 fully saturated rings. The standard InChI is InChI=1S/C16H18N4O2S/c21-15(19-13-3-1-7-17-11-13)5-9-23-10-6-16(22)20-14-4-2-8-18-12-14/h1-4,7-8,11-12H,5-6,9-10H2,(H,19,21)(H,20,22). The third kappa shape index (κ3) is 6.92. The molecule has 120 valence electrons. The minimum Gasteiger partial charge on any atom is -0.325 e. The molecule has 0 saturated carbocycles. The van der Waals surface area contributed by atoms with Crippen molar-refractivity contribution in [3.63, 3.8) is 0 Å². The number of anilines is 2. The van der Waals surface area contributed by atoms with Gasteiger partial charge < -0.3 is 10.6 Å².